The molecule has 90 valence electrons. The highest BCUT2D eigenvalue weighted by Crippen LogP contribution is 2.31. The third kappa shape index (κ3) is 2.97. The summed E-state index contributed by atoms with van der Waals surface area (Å²) in [5.41, 5.74) is 1.25. The van der Waals surface area contributed by atoms with Crippen LogP contribution in [0.5, 0.6) is 0 Å². The number of aliphatic hydroxyl groups is 2. The molecule has 0 aromatic heterocycles. The molecule has 0 heterocycles. The Labute approximate surface area is 102 Å². The van der Waals surface area contributed by atoms with Gasteiger partial charge in [-0.2, -0.15) is 0 Å². The van der Waals surface area contributed by atoms with Crippen LogP contribution >= 0.6 is 11.6 Å². The van der Waals surface area contributed by atoms with Crippen LogP contribution in [0.2, 0.25) is 5.02 Å². The molecule has 0 saturated heterocycles. The van der Waals surface area contributed by atoms with Crippen molar-refractivity contribution in [3.63, 3.8) is 0 Å². The second-order valence-electron chi connectivity index (χ2n) is 5.26. The maximum absolute atomic E-state index is 10.0. The number of hydrogen-bond acceptors (Lipinski definition) is 2. The number of rotatable bonds is 2. The molecule has 1 rings (SSSR count). The van der Waals surface area contributed by atoms with Gasteiger partial charge in [0.15, 0.2) is 0 Å². The van der Waals surface area contributed by atoms with Crippen LogP contribution in [-0.2, 0) is 0 Å². The first-order valence-corrected chi connectivity index (χ1v) is 5.73. The molecule has 1 aromatic rings. The van der Waals surface area contributed by atoms with E-state index in [9.17, 15) is 10.2 Å². The predicted molar refractivity (Wildman–Crippen MR) is 66.6 cm³/mol. The number of halogens is 1. The van der Waals surface area contributed by atoms with Gasteiger partial charge < -0.3 is 10.2 Å². The molecule has 2 N–H and O–H groups in total. The Balaban J connectivity index is 2.97. The molecule has 0 amide bonds. The van der Waals surface area contributed by atoms with E-state index in [2.05, 4.69) is 0 Å². The van der Waals surface area contributed by atoms with Gasteiger partial charge in [0.2, 0.25) is 0 Å². The summed E-state index contributed by atoms with van der Waals surface area (Å²) in [6.45, 7) is 7.56. The van der Waals surface area contributed by atoms with Gasteiger partial charge in [-0.25, -0.2) is 0 Å². The summed E-state index contributed by atoms with van der Waals surface area (Å²) in [6.07, 6.45) is -1.72. The van der Waals surface area contributed by atoms with E-state index >= 15 is 0 Å². The molecule has 2 nitrogen and oxygen atoms in total. The number of aliphatic hydroxyl groups excluding tert-OH is 2. The van der Waals surface area contributed by atoms with Crippen molar-refractivity contribution in [2.24, 2.45) is 5.41 Å². The van der Waals surface area contributed by atoms with Crippen molar-refractivity contribution in [2.75, 3.05) is 0 Å². The molecule has 0 bridgehead atoms. The zero-order valence-corrected chi connectivity index (χ0v) is 10.9. The van der Waals surface area contributed by atoms with Gasteiger partial charge in [-0.15, -0.1) is 0 Å². The van der Waals surface area contributed by atoms with Crippen molar-refractivity contribution in [1.29, 1.82) is 0 Å². The predicted octanol–water partition coefficient (Wildman–Crippen LogP) is 3.09. The highest BCUT2D eigenvalue weighted by molar-refractivity contribution is 6.31. The zero-order valence-electron chi connectivity index (χ0n) is 10.2. The smallest absolute Gasteiger partial charge is 0.105 e. The van der Waals surface area contributed by atoms with E-state index in [4.69, 9.17) is 11.6 Å². The second kappa shape index (κ2) is 4.74. The van der Waals surface area contributed by atoms with Crippen LogP contribution in [0.3, 0.4) is 0 Å². The molecular formula is C13H19ClO2. The van der Waals surface area contributed by atoms with Gasteiger partial charge in [0, 0.05) is 5.02 Å². The quantitative estimate of drug-likeness (QED) is 0.837. The monoisotopic (exact) mass is 242 g/mol. The Morgan fingerprint density at radius 1 is 1.19 bits per heavy atom. The first-order valence-electron chi connectivity index (χ1n) is 5.35. The normalized spacial score (nSPS) is 15.9. The van der Waals surface area contributed by atoms with Crippen LogP contribution in [0.1, 0.15) is 38.0 Å². The molecule has 0 saturated carbocycles. The Hall–Kier alpha value is -0.570. The Kier molecular flexibility index (Phi) is 4.00. The van der Waals surface area contributed by atoms with Crippen molar-refractivity contribution in [3.05, 3.63) is 34.3 Å². The number of benzene rings is 1. The van der Waals surface area contributed by atoms with Gasteiger partial charge in [-0.3, -0.25) is 0 Å². The summed E-state index contributed by atoms with van der Waals surface area (Å²) < 4.78 is 0. The fraction of sp³-hybridized carbons (Fsp3) is 0.538. The van der Waals surface area contributed by atoms with Crippen LogP contribution in [0.15, 0.2) is 18.2 Å². The summed E-state index contributed by atoms with van der Waals surface area (Å²) >= 11 is 5.98. The average molecular weight is 243 g/mol. The maximum atomic E-state index is 10.0. The lowest BCUT2D eigenvalue weighted by Crippen LogP contribution is -2.32. The van der Waals surface area contributed by atoms with Crippen LogP contribution in [0.4, 0.5) is 0 Å². The number of hydrogen-bond donors (Lipinski definition) is 2. The topological polar surface area (TPSA) is 40.5 Å². The lowest BCUT2D eigenvalue weighted by Gasteiger charge is -2.30. The Bertz CT molecular complexity index is 369. The first-order chi connectivity index (χ1) is 7.23. The summed E-state index contributed by atoms with van der Waals surface area (Å²) in [5.74, 6) is 0. The van der Waals surface area contributed by atoms with Crippen molar-refractivity contribution < 1.29 is 10.2 Å². The van der Waals surface area contributed by atoms with E-state index in [1.807, 2.05) is 33.8 Å². The summed E-state index contributed by atoms with van der Waals surface area (Å²) in [7, 11) is 0. The van der Waals surface area contributed by atoms with Crippen molar-refractivity contribution >= 4 is 11.6 Å². The Morgan fingerprint density at radius 3 is 2.19 bits per heavy atom. The third-order valence-electron chi connectivity index (χ3n) is 2.72. The average Bonchev–Trinajstić information content (AvgIpc) is 2.18. The minimum absolute atomic E-state index is 0.364. The molecule has 0 fully saturated rings. The molecule has 0 aliphatic rings. The SMILES string of the molecule is Cc1ccc(C(O)C(O)C(C)(C)C)cc1Cl. The molecule has 0 radical (unpaired) electrons. The fourth-order valence-corrected chi connectivity index (χ4v) is 1.64. The van der Waals surface area contributed by atoms with Crippen LogP contribution in [-0.4, -0.2) is 16.3 Å². The van der Waals surface area contributed by atoms with E-state index < -0.39 is 12.2 Å². The molecule has 0 aliphatic heterocycles. The molecule has 2 atom stereocenters. The van der Waals surface area contributed by atoms with Crippen molar-refractivity contribution in [3.8, 4) is 0 Å². The summed E-state index contributed by atoms with van der Waals surface area (Å²) in [5, 5.41) is 20.6. The molecular weight excluding hydrogens is 224 g/mol. The van der Waals surface area contributed by atoms with Gasteiger partial charge >= 0.3 is 0 Å². The summed E-state index contributed by atoms with van der Waals surface area (Å²) in [4.78, 5) is 0. The highest BCUT2D eigenvalue weighted by Gasteiger charge is 2.30. The Morgan fingerprint density at radius 2 is 1.75 bits per heavy atom. The van der Waals surface area contributed by atoms with E-state index in [-0.39, 0.29) is 5.41 Å². The van der Waals surface area contributed by atoms with Crippen LogP contribution in [0, 0.1) is 12.3 Å². The maximum Gasteiger partial charge on any atom is 0.105 e. The molecule has 3 heteroatoms. The van der Waals surface area contributed by atoms with E-state index in [0.717, 1.165) is 5.56 Å². The van der Waals surface area contributed by atoms with Gasteiger partial charge in [-0.1, -0.05) is 44.5 Å². The first kappa shape index (κ1) is 13.5. The molecule has 0 spiro atoms. The van der Waals surface area contributed by atoms with Gasteiger partial charge in [0.05, 0.1) is 6.10 Å². The lowest BCUT2D eigenvalue weighted by atomic mass is 9.83. The van der Waals surface area contributed by atoms with Crippen LogP contribution < -0.4 is 0 Å². The fourth-order valence-electron chi connectivity index (χ4n) is 1.45. The van der Waals surface area contributed by atoms with E-state index in [0.29, 0.717) is 10.6 Å². The second-order valence-corrected chi connectivity index (χ2v) is 5.67. The van der Waals surface area contributed by atoms with Gasteiger partial charge in [0.1, 0.15) is 6.10 Å². The van der Waals surface area contributed by atoms with Gasteiger partial charge in [-0.05, 0) is 29.5 Å². The number of aryl methyl sites for hydroxylation is 1. The van der Waals surface area contributed by atoms with E-state index in [1.54, 1.807) is 12.1 Å². The minimum Gasteiger partial charge on any atom is -0.390 e. The molecule has 1 aromatic carbocycles. The summed E-state index contributed by atoms with van der Waals surface area (Å²) in [6, 6.07) is 5.34. The zero-order chi connectivity index (χ0) is 12.5. The molecule has 0 aliphatic carbocycles. The van der Waals surface area contributed by atoms with Crippen LogP contribution in [0.25, 0.3) is 0 Å². The van der Waals surface area contributed by atoms with E-state index in [1.165, 1.54) is 0 Å². The highest BCUT2D eigenvalue weighted by atomic mass is 35.5. The standard InChI is InChI=1S/C13H19ClO2/c1-8-5-6-9(7-10(8)14)11(15)12(16)13(2,3)4/h5-7,11-12,15-16H,1-4H3. The van der Waals surface area contributed by atoms with Crippen molar-refractivity contribution in [1.82, 2.24) is 0 Å². The largest absolute Gasteiger partial charge is 0.390 e. The minimum atomic E-state index is -0.905. The van der Waals surface area contributed by atoms with Gasteiger partial charge in [0.25, 0.3) is 0 Å². The third-order valence-corrected chi connectivity index (χ3v) is 3.13. The molecule has 16 heavy (non-hydrogen) atoms. The van der Waals surface area contributed by atoms with Crippen molar-refractivity contribution in [2.45, 2.75) is 39.9 Å². The molecule has 2 unspecified atom stereocenters. The lowest BCUT2D eigenvalue weighted by molar-refractivity contribution is -0.0458.